The van der Waals surface area contributed by atoms with Gasteiger partial charge in [0.2, 0.25) is 0 Å². The van der Waals surface area contributed by atoms with E-state index in [0.29, 0.717) is 0 Å². The van der Waals surface area contributed by atoms with E-state index in [2.05, 4.69) is 33.8 Å². The van der Waals surface area contributed by atoms with Gasteiger partial charge < -0.3 is 4.98 Å². The van der Waals surface area contributed by atoms with Crippen molar-refractivity contribution in [2.45, 2.75) is 13.0 Å². The molecule has 1 N–H and O–H groups in total. The topological polar surface area (TPSA) is 19.0 Å². The van der Waals surface area contributed by atoms with E-state index in [1.165, 1.54) is 36.7 Å². The number of hydrogen-bond donors (Lipinski definition) is 1. The van der Waals surface area contributed by atoms with E-state index in [1.54, 1.807) is 0 Å². The van der Waals surface area contributed by atoms with Crippen LogP contribution in [0, 0.1) is 0 Å². The fraction of sp³-hybridized carbons (Fsp3) is 0.600. The Morgan fingerprint density at radius 2 is 2.38 bits per heavy atom. The fourth-order valence-electron chi connectivity index (χ4n) is 1.66. The lowest BCUT2D eigenvalue weighted by atomic mass is 10.3. The van der Waals surface area contributed by atoms with Gasteiger partial charge in [0, 0.05) is 30.7 Å². The van der Waals surface area contributed by atoms with E-state index in [4.69, 9.17) is 0 Å². The van der Waals surface area contributed by atoms with Crippen LogP contribution in [0.2, 0.25) is 0 Å². The lowest BCUT2D eigenvalue weighted by Gasteiger charge is -2.18. The zero-order valence-corrected chi connectivity index (χ0v) is 8.65. The summed E-state index contributed by atoms with van der Waals surface area (Å²) in [5.41, 5.74) is 1.34. The molecule has 1 saturated heterocycles. The Morgan fingerprint density at radius 1 is 1.38 bits per heavy atom. The maximum Gasteiger partial charge on any atom is 0.0385 e. The van der Waals surface area contributed by atoms with Crippen LogP contribution in [0.25, 0.3) is 0 Å². The van der Waals surface area contributed by atoms with Gasteiger partial charge in [-0.25, -0.2) is 0 Å². The molecule has 72 valence electrons. The molecule has 2 heterocycles. The third-order valence-electron chi connectivity index (χ3n) is 2.37. The number of aromatic amines is 1. The SMILES string of the molecule is c1c[nH]c(CN2CCCSCC2)c1. The van der Waals surface area contributed by atoms with Crippen LogP contribution >= 0.6 is 11.8 Å². The summed E-state index contributed by atoms with van der Waals surface area (Å²) in [6, 6.07) is 4.24. The summed E-state index contributed by atoms with van der Waals surface area (Å²) in [7, 11) is 0. The molecule has 1 aliphatic heterocycles. The molecule has 0 saturated carbocycles. The first-order valence-electron chi connectivity index (χ1n) is 4.87. The number of nitrogens with one attached hydrogen (secondary N) is 1. The third-order valence-corrected chi connectivity index (χ3v) is 3.42. The minimum atomic E-state index is 1.09. The van der Waals surface area contributed by atoms with E-state index in [0.717, 1.165) is 6.54 Å². The number of H-pyrrole nitrogens is 1. The molecule has 0 radical (unpaired) electrons. The maximum atomic E-state index is 3.26. The largest absolute Gasteiger partial charge is 0.364 e. The van der Waals surface area contributed by atoms with Crippen molar-refractivity contribution in [1.29, 1.82) is 0 Å². The molecule has 13 heavy (non-hydrogen) atoms. The molecule has 3 heteroatoms. The summed E-state index contributed by atoms with van der Waals surface area (Å²) in [6.07, 6.45) is 3.34. The predicted molar refractivity (Wildman–Crippen MR) is 58.0 cm³/mol. The molecule has 0 bridgehead atoms. The fourth-order valence-corrected chi connectivity index (χ4v) is 2.59. The Bertz CT molecular complexity index is 225. The van der Waals surface area contributed by atoms with Crippen molar-refractivity contribution in [3.63, 3.8) is 0 Å². The molecule has 2 nitrogen and oxygen atoms in total. The van der Waals surface area contributed by atoms with E-state index in [9.17, 15) is 0 Å². The van der Waals surface area contributed by atoms with Gasteiger partial charge >= 0.3 is 0 Å². The average Bonchev–Trinajstić information content (AvgIpc) is 2.49. The number of thioether (sulfide) groups is 1. The molecular formula is C10H16N2S. The first-order valence-corrected chi connectivity index (χ1v) is 6.03. The lowest BCUT2D eigenvalue weighted by molar-refractivity contribution is 0.284. The summed E-state index contributed by atoms with van der Waals surface area (Å²) in [5.74, 6) is 2.63. The normalized spacial score (nSPS) is 20.0. The molecule has 1 fully saturated rings. The van der Waals surface area contributed by atoms with Gasteiger partial charge in [-0.2, -0.15) is 11.8 Å². The molecule has 2 rings (SSSR count). The summed E-state index contributed by atoms with van der Waals surface area (Å²) in [6.45, 7) is 3.59. The van der Waals surface area contributed by atoms with Gasteiger partial charge in [-0.15, -0.1) is 0 Å². The van der Waals surface area contributed by atoms with Crippen LogP contribution in [-0.4, -0.2) is 34.5 Å². The van der Waals surface area contributed by atoms with Crippen molar-refractivity contribution >= 4 is 11.8 Å². The predicted octanol–water partition coefficient (Wildman–Crippen LogP) is 1.95. The van der Waals surface area contributed by atoms with Crippen LogP contribution in [-0.2, 0) is 6.54 Å². The quantitative estimate of drug-likeness (QED) is 0.779. The van der Waals surface area contributed by atoms with Crippen LogP contribution in [0.3, 0.4) is 0 Å². The number of aromatic nitrogens is 1. The highest BCUT2D eigenvalue weighted by Gasteiger charge is 2.09. The van der Waals surface area contributed by atoms with Gasteiger partial charge in [0.25, 0.3) is 0 Å². The van der Waals surface area contributed by atoms with Gasteiger partial charge in [-0.05, 0) is 30.9 Å². The lowest BCUT2D eigenvalue weighted by Crippen LogP contribution is -2.25. The molecule has 1 aromatic heterocycles. The molecule has 0 spiro atoms. The summed E-state index contributed by atoms with van der Waals surface area (Å²) in [5, 5.41) is 0. The standard InChI is InChI=1S/C10H16N2S/c1-3-10(11-4-1)9-12-5-2-7-13-8-6-12/h1,3-4,11H,2,5-9H2. The summed E-state index contributed by atoms with van der Waals surface area (Å²) >= 11 is 2.08. The molecule has 0 aromatic carbocycles. The van der Waals surface area contributed by atoms with Crippen LogP contribution in [0.4, 0.5) is 0 Å². The Morgan fingerprint density at radius 3 is 3.23 bits per heavy atom. The van der Waals surface area contributed by atoms with E-state index in [1.807, 2.05) is 6.20 Å². The highest BCUT2D eigenvalue weighted by atomic mass is 32.2. The van der Waals surface area contributed by atoms with Crippen LogP contribution in [0.15, 0.2) is 18.3 Å². The second kappa shape index (κ2) is 4.72. The van der Waals surface area contributed by atoms with Crippen molar-refractivity contribution in [3.8, 4) is 0 Å². The molecule has 0 atom stereocenters. The summed E-state index contributed by atoms with van der Waals surface area (Å²) < 4.78 is 0. The number of rotatable bonds is 2. The monoisotopic (exact) mass is 196 g/mol. The van der Waals surface area contributed by atoms with Crippen LogP contribution < -0.4 is 0 Å². The van der Waals surface area contributed by atoms with Crippen molar-refractivity contribution in [3.05, 3.63) is 24.0 Å². The van der Waals surface area contributed by atoms with Crippen LogP contribution in [0.5, 0.6) is 0 Å². The Hall–Kier alpha value is -0.410. The Balaban J connectivity index is 1.86. The minimum Gasteiger partial charge on any atom is -0.364 e. The Kier molecular flexibility index (Phi) is 3.33. The van der Waals surface area contributed by atoms with Crippen molar-refractivity contribution < 1.29 is 0 Å². The van der Waals surface area contributed by atoms with E-state index >= 15 is 0 Å². The number of hydrogen-bond acceptors (Lipinski definition) is 2. The number of nitrogens with zero attached hydrogens (tertiary/aromatic N) is 1. The second-order valence-electron chi connectivity index (χ2n) is 3.44. The highest BCUT2D eigenvalue weighted by Crippen LogP contribution is 2.11. The van der Waals surface area contributed by atoms with Crippen molar-refractivity contribution in [1.82, 2.24) is 9.88 Å². The second-order valence-corrected chi connectivity index (χ2v) is 4.66. The molecular weight excluding hydrogens is 180 g/mol. The Labute approximate surface area is 83.7 Å². The molecule has 1 aromatic rings. The highest BCUT2D eigenvalue weighted by molar-refractivity contribution is 7.99. The van der Waals surface area contributed by atoms with Gasteiger partial charge in [0.05, 0.1) is 0 Å². The average molecular weight is 196 g/mol. The minimum absolute atomic E-state index is 1.09. The third kappa shape index (κ3) is 2.78. The zero-order valence-electron chi connectivity index (χ0n) is 7.83. The molecule has 1 aliphatic rings. The van der Waals surface area contributed by atoms with E-state index in [-0.39, 0.29) is 0 Å². The van der Waals surface area contributed by atoms with E-state index < -0.39 is 0 Å². The smallest absolute Gasteiger partial charge is 0.0385 e. The first kappa shape index (κ1) is 9.16. The van der Waals surface area contributed by atoms with Gasteiger partial charge in [0.1, 0.15) is 0 Å². The molecule has 0 unspecified atom stereocenters. The van der Waals surface area contributed by atoms with Gasteiger partial charge in [-0.1, -0.05) is 0 Å². The first-order chi connectivity index (χ1) is 6.45. The maximum absolute atomic E-state index is 3.26. The van der Waals surface area contributed by atoms with Gasteiger partial charge in [0.15, 0.2) is 0 Å². The summed E-state index contributed by atoms with van der Waals surface area (Å²) in [4.78, 5) is 5.79. The van der Waals surface area contributed by atoms with Crippen molar-refractivity contribution in [2.24, 2.45) is 0 Å². The van der Waals surface area contributed by atoms with Crippen molar-refractivity contribution in [2.75, 3.05) is 24.6 Å². The van der Waals surface area contributed by atoms with Gasteiger partial charge in [-0.3, -0.25) is 4.90 Å². The molecule has 0 aliphatic carbocycles. The zero-order chi connectivity index (χ0) is 8.93. The molecule has 0 amide bonds. The van der Waals surface area contributed by atoms with Crippen LogP contribution in [0.1, 0.15) is 12.1 Å².